The summed E-state index contributed by atoms with van der Waals surface area (Å²) in [7, 11) is 0. The fourth-order valence-electron chi connectivity index (χ4n) is 2.09. The lowest BCUT2D eigenvalue weighted by Gasteiger charge is -2.03. The number of amides is 2. The van der Waals surface area contributed by atoms with E-state index in [-0.39, 0.29) is 11.8 Å². The van der Waals surface area contributed by atoms with E-state index in [2.05, 4.69) is 15.6 Å². The molecule has 122 valence electrons. The Labute approximate surface area is 147 Å². The number of aromatic nitrogens is 1. The first kappa shape index (κ1) is 16.5. The van der Waals surface area contributed by atoms with Gasteiger partial charge in [0.1, 0.15) is 0 Å². The topological polar surface area (TPSA) is 71.1 Å². The van der Waals surface area contributed by atoms with Gasteiger partial charge < -0.3 is 10.6 Å². The number of anilines is 2. The third kappa shape index (κ3) is 4.33. The molecule has 3 aromatic rings. The number of rotatable bonds is 5. The molecule has 0 aliphatic heterocycles. The van der Waals surface area contributed by atoms with Gasteiger partial charge in [-0.1, -0.05) is 30.0 Å². The average molecular weight is 357 g/mol. The molecule has 2 amide bonds. The van der Waals surface area contributed by atoms with Crippen molar-refractivity contribution >= 4 is 56.5 Å². The molecule has 0 aliphatic rings. The van der Waals surface area contributed by atoms with Crippen LogP contribution in [0.25, 0.3) is 10.2 Å². The predicted molar refractivity (Wildman–Crippen MR) is 99.7 cm³/mol. The number of carbonyl (C=O) groups excluding carboxylic acids is 2. The van der Waals surface area contributed by atoms with Crippen LogP contribution in [0.5, 0.6) is 0 Å². The van der Waals surface area contributed by atoms with Gasteiger partial charge in [0.15, 0.2) is 4.34 Å². The molecule has 0 saturated carbocycles. The van der Waals surface area contributed by atoms with Crippen molar-refractivity contribution in [3.63, 3.8) is 0 Å². The highest BCUT2D eigenvalue weighted by atomic mass is 32.2. The van der Waals surface area contributed by atoms with E-state index in [9.17, 15) is 9.59 Å². The fourth-order valence-corrected chi connectivity index (χ4v) is 4.00. The molecule has 2 aromatic carbocycles. The van der Waals surface area contributed by atoms with Gasteiger partial charge in [0.05, 0.1) is 16.0 Å². The van der Waals surface area contributed by atoms with Crippen LogP contribution in [0.2, 0.25) is 0 Å². The van der Waals surface area contributed by atoms with Crippen LogP contribution in [0.4, 0.5) is 11.4 Å². The Hall–Kier alpha value is -2.38. The zero-order valence-electron chi connectivity index (χ0n) is 12.9. The van der Waals surface area contributed by atoms with Crippen molar-refractivity contribution in [3.05, 3.63) is 48.5 Å². The van der Waals surface area contributed by atoms with E-state index in [1.54, 1.807) is 0 Å². The second-order valence-corrected chi connectivity index (χ2v) is 7.30. The van der Waals surface area contributed by atoms with E-state index in [0.717, 1.165) is 25.9 Å². The van der Waals surface area contributed by atoms with Crippen LogP contribution in [0.1, 0.15) is 6.92 Å². The molecule has 0 fully saturated rings. The van der Waals surface area contributed by atoms with Crippen molar-refractivity contribution in [2.24, 2.45) is 0 Å². The second kappa shape index (κ2) is 7.46. The molecular weight excluding hydrogens is 342 g/mol. The number of carbonyl (C=O) groups is 2. The highest BCUT2D eigenvalue weighted by Gasteiger charge is 2.09. The predicted octanol–water partition coefficient (Wildman–Crippen LogP) is 3.99. The highest BCUT2D eigenvalue weighted by Crippen LogP contribution is 2.31. The molecule has 5 nitrogen and oxygen atoms in total. The van der Waals surface area contributed by atoms with Crippen LogP contribution in [-0.4, -0.2) is 22.6 Å². The van der Waals surface area contributed by atoms with Crippen molar-refractivity contribution in [1.82, 2.24) is 4.98 Å². The van der Waals surface area contributed by atoms with E-state index >= 15 is 0 Å². The lowest BCUT2D eigenvalue weighted by atomic mass is 10.3. The quantitative estimate of drug-likeness (QED) is 0.678. The minimum absolute atomic E-state index is 0.0654. The number of fused-ring (bicyclic) bond motifs is 1. The van der Waals surface area contributed by atoms with Crippen LogP contribution in [-0.2, 0) is 9.59 Å². The van der Waals surface area contributed by atoms with E-state index in [1.807, 2.05) is 48.5 Å². The molecule has 0 aliphatic carbocycles. The van der Waals surface area contributed by atoms with Gasteiger partial charge in [-0.15, -0.1) is 11.3 Å². The lowest BCUT2D eigenvalue weighted by molar-refractivity contribution is -0.114. The van der Waals surface area contributed by atoms with E-state index in [1.165, 1.54) is 30.0 Å². The Morgan fingerprint density at radius 2 is 1.88 bits per heavy atom. The normalized spacial score (nSPS) is 10.5. The molecule has 0 radical (unpaired) electrons. The molecule has 0 bridgehead atoms. The first-order valence-electron chi connectivity index (χ1n) is 7.26. The Kier molecular flexibility index (Phi) is 5.12. The minimum Gasteiger partial charge on any atom is -0.326 e. The van der Waals surface area contributed by atoms with Crippen molar-refractivity contribution in [1.29, 1.82) is 0 Å². The monoisotopic (exact) mass is 357 g/mol. The van der Waals surface area contributed by atoms with Gasteiger partial charge in [-0.25, -0.2) is 4.98 Å². The van der Waals surface area contributed by atoms with Crippen molar-refractivity contribution in [2.75, 3.05) is 16.4 Å². The molecule has 7 heteroatoms. The molecule has 3 rings (SSSR count). The zero-order valence-corrected chi connectivity index (χ0v) is 14.5. The molecule has 0 unspecified atom stereocenters. The number of thioether (sulfide) groups is 1. The maximum absolute atomic E-state index is 12.0. The summed E-state index contributed by atoms with van der Waals surface area (Å²) in [6, 6.07) is 14.9. The third-order valence-electron chi connectivity index (χ3n) is 3.07. The van der Waals surface area contributed by atoms with Gasteiger partial charge in [-0.3, -0.25) is 9.59 Å². The van der Waals surface area contributed by atoms with Crippen LogP contribution in [0, 0.1) is 0 Å². The molecule has 1 aromatic heterocycles. The SMILES string of the molecule is CC(=O)Nc1ccc2nc(SCC(=O)Nc3ccccc3)sc2c1. The van der Waals surface area contributed by atoms with E-state index in [0.29, 0.717) is 5.75 Å². The second-order valence-electron chi connectivity index (χ2n) is 5.05. The molecule has 1 heterocycles. The summed E-state index contributed by atoms with van der Waals surface area (Å²) in [5, 5.41) is 5.60. The highest BCUT2D eigenvalue weighted by molar-refractivity contribution is 8.01. The fraction of sp³-hybridized carbons (Fsp3) is 0.118. The number of nitrogens with zero attached hydrogens (tertiary/aromatic N) is 1. The Bertz CT molecular complexity index is 878. The van der Waals surface area contributed by atoms with Gasteiger partial charge in [0.25, 0.3) is 0 Å². The van der Waals surface area contributed by atoms with Gasteiger partial charge in [0.2, 0.25) is 11.8 Å². The van der Waals surface area contributed by atoms with Crippen molar-refractivity contribution in [2.45, 2.75) is 11.3 Å². The van der Waals surface area contributed by atoms with Crippen molar-refractivity contribution in [3.8, 4) is 0 Å². The molecule has 0 atom stereocenters. The Morgan fingerprint density at radius 3 is 2.62 bits per heavy atom. The molecular formula is C17H15N3O2S2. The van der Waals surface area contributed by atoms with Gasteiger partial charge in [-0.2, -0.15) is 0 Å². The zero-order chi connectivity index (χ0) is 16.9. The largest absolute Gasteiger partial charge is 0.326 e. The van der Waals surface area contributed by atoms with Gasteiger partial charge >= 0.3 is 0 Å². The molecule has 24 heavy (non-hydrogen) atoms. The molecule has 2 N–H and O–H groups in total. The summed E-state index contributed by atoms with van der Waals surface area (Å²) in [4.78, 5) is 27.6. The third-order valence-corrected chi connectivity index (χ3v) is 5.23. The molecule has 0 spiro atoms. The lowest BCUT2D eigenvalue weighted by Crippen LogP contribution is -2.13. The van der Waals surface area contributed by atoms with E-state index < -0.39 is 0 Å². The van der Waals surface area contributed by atoms with Crippen LogP contribution in [0.15, 0.2) is 52.9 Å². The maximum Gasteiger partial charge on any atom is 0.234 e. The number of nitrogens with one attached hydrogen (secondary N) is 2. The Morgan fingerprint density at radius 1 is 1.08 bits per heavy atom. The van der Waals surface area contributed by atoms with Gasteiger partial charge in [0, 0.05) is 18.3 Å². The van der Waals surface area contributed by atoms with Gasteiger partial charge in [-0.05, 0) is 30.3 Å². The first-order chi connectivity index (χ1) is 11.6. The summed E-state index contributed by atoms with van der Waals surface area (Å²) in [5.74, 6) is 0.128. The maximum atomic E-state index is 12.0. The smallest absolute Gasteiger partial charge is 0.234 e. The Balaban J connectivity index is 1.62. The van der Waals surface area contributed by atoms with Crippen LogP contribution < -0.4 is 10.6 Å². The number of para-hydroxylation sites is 1. The standard InChI is InChI=1S/C17H15N3O2S2/c1-11(21)18-13-7-8-14-15(9-13)24-17(20-14)23-10-16(22)19-12-5-3-2-4-6-12/h2-9H,10H2,1H3,(H,18,21)(H,19,22). The number of hydrogen-bond donors (Lipinski definition) is 2. The van der Waals surface area contributed by atoms with Crippen molar-refractivity contribution < 1.29 is 9.59 Å². The van der Waals surface area contributed by atoms with Crippen LogP contribution >= 0.6 is 23.1 Å². The number of thiazole rings is 1. The first-order valence-corrected chi connectivity index (χ1v) is 9.06. The summed E-state index contributed by atoms with van der Waals surface area (Å²) in [6.45, 7) is 1.48. The average Bonchev–Trinajstić information content (AvgIpc) is 2.95. The summed E-state index contributed by atoms with van der Waals surface area (Å²) < 4.78 is 1.81. The summed E-state index contributed by atoms with van der Waals surface area (Å²) in [6.07, 6.45) is 0. The van der Waals surface area contributed by atoms with E-state index in [4.69, 9.17) is 0 Å². The summed E-state index contributed by atoms with van der Waals surface area (Å²) >= 11 is 2.91. The van der Waals surface area contributed by atoms with Crippen LogP contribution in [0.3, 0.4) is 0 Å². The summed E-state index contributed by atoms with van der Waals surface area (Å²) in [5.41, 5.74) is 2.39. The minimum atomic E-state index is -0.106. The molecule has 0 saturated heterocycles. The number of benzene rings is 2. The number of hydrogen-bond acceptors (Lipinski definition) is 5.